The highest BCUT2D eigenvalue weighted by molar-refractivity contribution is 7.10. The molecule has 1 nitrogen and oxygen atoms in total. The van der Waals surface area contributed by atoms with Crippen LogP contribution in [0.4, 0.5) is 0 Å². The number of aryl methyl sites for hydroxylation is 1. The molecule has 0 saturated carbocycles. The normalized spacial score (nSPS) is 8.20. The molecule has 0 heterocycles. The fourth-order valence-corrected chi connectivity index (χ4v) is 0.953. The zero-order chi connectivity index (χ0) is 6.69. The van der Waals surface area contributed by atoms with E-state index in [4.69, 9.17) is 4.52 Å². The molecule has 0 spiro atoms. The highest BCUT2D eigenvalue weighted by atomic mass is 35.5. The third-order valence-electron chi connectivity index (χ3n) is 1.22. The number of halogens is 1. The lowest BCUT2D eigenvalue weighted by Crippen LogP contribution is -1.77. The molecule has 0 aliphatic heterocycles. The maximum Gasteiger partial charge on any atom is 0.125 e. The van der Waals surface area contributed by atoms with Gasteiger partial charge in [0.25, 0.3) is 0 Å². The highest BCUT2D eigenvalue weighted by Gasteiger charge is 1.91. The smallest absolute Gasteiger partial charge is 0.125 e. The lowest BCUT2D eigenvalue weighted by molar-refractivity contribution is 0.640. The first kappa shape index (κ1) is 9.74. The second-order valence-corrected chi connectivity index (χ2v) is 2.12. The van der Waals surface area contributed by atoms with E-state index in [0.717, 1.165) is 11.3 Å². The minimum absolute atomic E-state index is 0. The number of hydrogen-bond donors (Lipinski definition) is 0. The predicted octanol–water partition coefficient (Wildman–Crippen LogP) is 2.59. The Morgan fingerprint density at radius 1 is 1.30 bits per heavy atom. The minimum Gasteiger partial charge on any atom is -0.480 e. The molecular weight excluding hydrogens is 167 g/mol. The molecule has 1 atom stereocenters. The van der Waals surface area contributed by atoms with Crippen molar-refractivity contribution in [3.8, 4) is 5.75 Å². The zero-order valence-electron chi connectivity index (χ0n) is 5.70. The number of rotatable bonds is 1. The third-order valence-corrected chi connectivity index (χ3v) is 1.47. The Balaban J connectivity index is 0.000000810. The Hall–Kier alpha value is -0.260. The van der Waals surface area contributed by atoms with Gasteiger partial charge in [-0.3, -0.25) is 0 Å². The Morgan fingerprint density at radius 3 is 2.30 bits per heavy atom. The maximum absolute atomic E-state index is 4.96. The summed E-state index contributed by atoms with van der Waals surface area (Å²) < 4.78 is 4.96. The van der Waals surface area contributed by atoms with E-state index in [2.05, 4.69) is 9.47 Å². The average Bonchev–Trinajstić information content (AvgIpc) is 1.89. The van der Waals surface area contributed by atoms with E-state index in [1.54, 1.807) is 0 Å². The largest absolute Gasteiger partial charge is 0.480 e. The molecule has 0 aliphatic carbocycles. The predicted molar refractivity (Wildman–Crippen MR) is 48.8 cm³/mol. The van der Waals surface area contributed by atoms with Gasteiger partial charge in [-0.15, -0.1) is 12.4 Å². The quantitative estimate of drug-likeness (QED) is 0.598. The summed E-state index contributed by atoms with van der Waals surface area (Å²) in [6.07, 6.45) is 0. The molecular formula is C7H10ClOP. The summed E-state index contributed by atoms with van der Waals surface area (Å²) in [4.78, 5) is 0. The Bertz CT molecular complexity index is 203. The highest BCUT2D eigenvalue weighted by Crippen LogP contribution is 2.17. The van der Waals surface area contributed by atoms with Gasteiger partial charge in [0.15, 0.2) is 0 Å². The number of para-hydroxylation sites is 1. The molecule has 0 N–H and O–H groups in total. The van der Waals surface area contributed by atoms with Gasteiger partial charge in [0, 0.05) is 0 Å². The molecule has 56 valence electrons. The molecule has 0 saturated heterocycles. The molecule has 0 radical (unpaired) electrons. The molecule has 1 aromatic carbocycles. The first-order valence-corrected chi connectivity index (χ1v) is 3.24. The Kier molecular flexibility index (Phi) is 4.42. The Labute approximate surface area is 69.5 Å². The van der Waals surface area contributed by atoms with Crippen LogP contribution in [0.1, 0.15) is 5.56 Å². The van der Waals surface area contributed by atoms with E-state index in [0.29, 0.717) is 0 Å². The van der Waals surface area contributed by atoms with Crippen LogP contribution in [0, 0.1) is 6.92 Å². The van der Waals surface area contributed by atoms with Crippen LogP contribution in [0.15, 0.2) is 24.3 Å². The lowest BCUT2D eigenvalue weighted by atomic mass is 10.2. The van der Waals surface area contributed by atoms with Gasteiger partial charge in [0.05, 0.1) is 9.47 Å². The molecule has 0 bridgehead atoms. The Morgan fingerprint density at radius 2 is 1.90 bits per heavy atom. The summed E-state index contributed by atoms with van der Waals surface area (Å²) in [6.45, 7) is 2.01. The lowest BCUT2D eigenvalue weighted by Gasteiger charge is -2.00. The SMILES string of the molecule is Cc1ccccc1OP.Cl. The van der Waals surface area contributed by atoms with E-state index >= 15 is 0 Å². The molecule has 0 fully saturated rings. The first-order valence-electron chi connectivity index (χ1n) is 2.77. The van der Waals surface area contributed by atoms with Crippen LogP contribution in [0.3, 0.4) is 0 Å². The summed E-state index contributed by atoms with van der Waals surface area (Å²) in [5, 5.41) is 0. The molecule has 0 aromatic heterocycles. The van der Waals surface area contributed by atoms with Crippen LogP contribution < -0.4 is 4.52 Å². The van der Waals surface area contributed by atoms with Gasteiger partial charge in [-0.05, 0) is 18.6 Å². The summed E-state index contributed by atoms with van der Waals surface area (Å²) in [5.74, 6) is 0.919. The maximum atomic E-state index is 4.96. The topological polar surface area (TPSA) is 9.23 Å². The number of benzene rings is 1. The molecule has 10 heavy (non-hydrogen) atoms. The molecule has 0 aliphatic rings. The van der Waals surface area contributed by atoms with Gasteiger partial charge in [-0.25, -0.2) is 0 Å². The van der Waals surface area contributed by atoms with Gasteiger partial charge < -0.3 is 4.52 Å². The van der Waals surface area contributed by atoms with E-state index in [9.17, 15) is 0 Å². The number of hydrogen-bond acceptors (Lipinski definition) is 1. The van der Waals surface area contributed by atoms with E-state index in [1.807, 2.05) is 31.2 Å². The first-order chi connectivity index (χ1) is 4.34. The van der Waals surface area contributed by atoms with Crippen molar-refractivity contribution >= 4 is 21.9 Å². The van der Waals surface area contributed by atoms with Gasteiger partial charge in [-0.2, -0.15) is 0 Å². The second kappa shape index (κ2) is 4.54. The van der Waals surface area contributed by atoms with Crippen molar-refractivity contribution in [3.63, 3.8) is 0 Å². The van der Waals surface area contributed by atoms with Gasteiger partial charge >= 0.3 is 0 Å². The molecule has 3 heteroatoms. The van der Waals surface area contributed by atoms with Gasteiger partial charge in [-0.1, -0.05) is 18.2 Å². The third kappa shape index (κ3) is 2.17. The van der Waals surface area contributed by atoms with Crippen molar-refractivity contribution in [3.05, 3.63) is 29.8 Å². The van der Waals surface area contributed by atoms with Gasteiger partial charge in [0.2, 0.25) is 0 Å². The summed E-state index contributed by atoms with van der Waals surface area (Å²) in [6, 6.07) is 7.89. The average molecular weight is 177 g/mol. The van der Waals surface area contributed by atoms with Crippen LogP contribution in [0.2, 0.25) is 0 Å². The summed E-state index contributed by atoms with van der Waals surface area (Å²) in [7, 11) is 2.23. The molecule has 1 unspecified atom stereocenters. The van der Waals surface area contributed by atoms with Crippen LogP contribution >= 0.6 is 21.9 Å². The van der Waals surface area contributed by atoms with Crippen LogP contribution in [0.25, 0.3) is 0 Å². The fourth-order valence-electron chi connectivity index (χ4n) is 0.689. The summed E-state index contributed by atoms with van der Waals surface area (Å²) >= 11 is 0. The zero-order valence-corrected chi connectivity index (χ0v) is 7.67. The summed E-state index contributed by atoms with van der Waals surface area (Å²) in [5.41, 5.74) is 1.16. The molecule has 0 amide bonds. The van der Waals surface area contributed by atoms with Crippen molar-refractivity contribution in [2.45, 2.75) is 6.92 Å². The van der Waals surface area contributed by atoms with Crippen molar-refractivity contribution < 1.29 is 4.52 Å². The van der Waals surface area contributed by atoms with Crippen molar-refractivity contribution in [1.29, 1.82) is 0 Å². The van der Waals surface area contributed by atoms with E-state index in [-0.39, 0.29) is 12.4 Å². The van der Waals surface area contributed by atoms with Crippen LogP contribution in [-0.4, -0.2) is 0 Å². The van der Waals surface area contributed by atoms with Crippen LogP contribution in [0.5, 0.6) is 5.75 Å². The van der Waals surface area contributed by atoms with E-state index < -0.39 is 0 Å². The minimum atomic E-state index is 0. The van der Waals surface area contributed by atoms with Crippen LogP contribution in [-0.2, 0) is 0 Å². The monoisotopic (exact) mass is 176 g/mol. The van der Waals surface area contributed by atoms with Crippen molar-refractivity contribution in [2.24, 2.45) is 0 Å². The van der Waals surface area contributed by atoms with Crippen molar-refractivity contribution in [2.75, 3.05) is 0 Å². The molecule has 1 aromatic rings. The second-order valence-electron chi connectivity index (χ2n) is 1.88. The standard InChI is InChI=1S/C7H9OP.ClH/c1-6-4-2-3-5-7(6)8-9;/h2-5H,9H2,1H3;1H. The van der Waals surface area contributed by atoms with E-state index in [1.165, 1.54) is 0 Å². The molecule has 1 rings (SSSR count). The van der Waals surface area contributed by atoms with Crippen molar-refractivity contribution in [1.82, 2.24) is 0 Å². The van der Waals surface area contributed by atoms with Gasteiger partial charge in [0.1, 0.15) is 5.75 Å². The fraction of sp³-hybridized carbons (Fsp3) is 0.143.